The summed E-state index contributed by atoms with van der Waals surface area (Å²) in [6.07, 6.45) is 3.60. The van der Waals surface area contributed by atoms with E-state index in [1.165, 1.54) is 5.56 Å². The summed E-state index contributed by atoms with van der Waals surface area (Å²) in [4.78, 5) is 28.3. The zero-order chi connectivity index (χ0) is 17.0. The van der Waals surface area contributed by atoms with Crippen molar-refractivity contribution in [2.75, 3.05) is 33.2 Å². The zero-order valence-electron chi connectivity index (χ0n) is 14.5. The Morgan fingerprint density at radius 2 is 1.88 bits per heavy atom. The van der Waals surface area contributed by atoms with Crippen molar-refractivity contribution >= 4 is 11.8 Å². The van der Waals surface area contributed by atoms with Gasteiger partial charge in [-0.2, -0.15) is 0 Å². The molecule has 2 aliphatic heterocycles. The van der Waals surface area contributed by atoms with Crippen LogP contribution >= 0.6 is 0 Å². The van der Waals surface area contributed by atoms with Crippen LogP contribution in [0.1, 0.15) is 31.2 Å². The Kier molecular flexibility index (Phi) is 5.19. The molecule has 3 rings (SSSR count). The molecule has 5 heteroatoms. The van der Waals surface area contributed by atoms with E-state index in [4.69, 9.17) is 0 Å². The number of nitrogens with one attached hydrogen (secondary N) is 1. The lowest BCUT2D eigenvalue weighted by Crippen LogP contribution is -2.52. The zero-order valence-corrected chi connectivity index (χ0v) is 14.5. The van der Waals surface area contributed by atoms with Gasteiger partial charge in [-0.3, -0.25) is 9.59 Å². The van der Waals surface area contributed by atoms with Crippen molar-refractivity contribution in [2.45, 2.75) is 32.2 Å². The van der Waals surface area contributed by atoms with Crippen LogP contribution in [0.5, 0.6) is 0 Å². The summed E-state index contributed by atoms with van der Waals surface area (Å²) in [7, 11) is 1.80. The number of hydrogen-bond acceptors (Lipinski definition) is 3. The standard InChI is InChI=1S/C19H27N3O2/c1-20-13-18(24)21-11-9-19(10-12-21)8-7-17(23)22(15-19)14-16-5-3-2-4-6-16/h2-6,20H,7-15H2,1H3. The minimum absolute atomic E-state index is 0.181. The molecule has 1 N–H and O–H groups in total. The highest BCUT2D eigenvalue weighted by atomic mass is 16.2. The van der Waals surface area contributed by atoms with Crippen LogP contribution in [0.15, 0.2) is 30.3 Å². The van der Waals surface area contributed by atoms with Gasteiger partial charge in [-0.15, -0.1) is 0 Å². The van der Waals surface area contributed by atoms with E-state index in [2.05, 4.69) is 17.4 Å². The number of carbonyl (C=O) groups is 2. The molecule has 130 valence electrons. The van der Waals surface area contributed by atoms with E-state index in [9.17, 15) is 9.59 Å². The molecule has 1 aromatic carbocycles. The maximum absolute atomic E-state index is 12.3. The van der Waals surface area contributed by atoms with Crippen molar-refractivity contribution in [1.82, 2.24) is 15.1 Å². The molecule has 0 radical (unpaired) electrons. The van der Waals surface area contributed by atoms with Crippen LogP contribution in [0, 0.1) is 5.41 Å². The smallest absolute Gasteiger partial charge is 0.236 e. The molecule has 2 aliphatic rings. The quantitative estimate of drug-likeness (QED) is 0.914. The number of likely N-dealkylation sites (tertiary alicyclic amines) is 2. The number of benzene rings is 1. The molecule has 2 fully saturated rings. The number of carbonyl (C=O) groups excluding carboxylic acids is 2. The monoisotopic (exact) mass is 329 g/mol. The lowest BCUT2D eigenvalue weighted by molar-refractivity contribution is -0.142. The SMILES string of the molecule is CNCC(=O)N1CCC2(CCC(=O)N(Cc3ccccc3)C2)CC1. The molecule has 2 heterocycles. The first kappa shape index (κ1) is 17.0. The van der Waals surface area contributed by atoms with Crippen molar-refractivity contribution in [3.8, 4) is 0 Å². The Labute approximate surface area is 144 Å². The van der Waals surface area contributed by atoms with Crippen LogP contribution in [-0.4, -0.2) is 54.8 Å². The molecule has 0 saturated carbocycles. The summed E-state index contributed by atoms with van der Waals surface area (Å²) >= 11 is 0. The topological polar surface area (TPSA) is 52.7 Å². The van der Waals surface area contributed by atoms with E-state index in [0.717, 1.165) is 38.9 Å². The molecule has 0 atom stereocenters. The van der Waals surface area contributed by atoms with E-state index in [-0.39, 0.29) is 17.2 Å². The third kappa shape index (κ3) is 3.78. The summed E-state index contributed by atoms with van der Waals surface area (Å²) in [5, 5.41) is 2.93. The van der Waals surface area contributed by atoms with Gasteiger partial charge >= 0.3 is 0 Å². The van der Waals surface area contributed by atoms with Crippen LogP contribution in [-0.2, 0) is 16.1 Å². The summed E-state index contributed by atoms with van der Waals surface area (Å²) in [5.41, 5.74) is 1.38. The van der Waals surface area contributed by atoms with E-state index < -0.39 is 0 Å². The fourth-order valence-electron chi connectivity index (χ4n) is 3.95. The Morgan fingerprint density at radius 1 is 1.17 bits per heavy atom. The number of piperidine rings is 2. The number of hydrogen-bond donors (Lipinski definition) is 1. The normalized spacial score (nSPS) is 20.5. The second-order valence-electron chi connectivity index (χ2n) is 7.15. The summed E-state index contributed by atoms with van der Waals surface area (Å²) < 4.78 is 0. The molecule has 0 unspecified atom stereocenters. The maximum Gasteiger partial charge on any atom is 0.236 e. The first-order chi connectivity index (χ1) is 11.6. The van der Waals surface area contributed by atoms with Gasteiger partial charge in [-0.05, 0) is 37.3 Å². The Bertz CT molecular complexity index is 580. The average Bonchev–Trinajstić information content (AvgIpc) is 2.60. The van der Waals surface area contributed by atoms with Crippen molar-refractivity contribution in [2.24, 2.45) is 5.41 Å². The summed E-state index contributed by atoms with van der Waals surface area (Å²) in [6, 6.07) is 10.2. The number of likely N-dealkylation sites (N-methyl/N-ethyl adjacent to an activating group) is 1. The summed E-state index contributed by atoms with van der Waals surface area (Å²) in [6.45, 7) is 3.56. The highest BCUT2D eigenvalue weighted by molar-refractivity contribution is 5.78. The molecule has 1 spiro atoms. The number of rotatable bonds is 4. The largest absolute Gasteiger partial charge is 0.342 e. The minimum Gasteiger partial charge on any atom is -0.342 e. The van der Waals surface area contributed by atoms with E-state index in [1.54, 1.807) is 7.05 Å². The third-order valence-electron chi connectivity index (χ3n) is 5.47. The predicted molar refractivity (Wildman–Crippen MR) is 93.3 cm³/mol. The second-order valence-corrected chi connectivity index (χ2v) is 7.15. The minimum atomic E-state index is 0.181. The molecule has 2 amide bonds. The van der Waals surface area contributed by atoms with Gasteiger partial charge in [0.25, 0.3) is 0 Å². The van der Waals surface area contributed by atoms with Crippen molar-refractivity contribution < 1.29 is 9.59 Å². The van der Waals surface area contributed by atoms with E-state index in [1.807, 2.05) is 28.0 Å². The molecule has 24 heavy (non-hydrogen) atoms. The first-order valence-corrected chi connectivity index (χ1v) is 8.86. The van der Waals surface area contributed by atoms with Crippen molar-refractivity contribution in [3.05, 3.63) is 35.9 Å². The van der Waals surface area contributed by atoms with Gasteiger partial charge in [0.1, 0.15) is 0 Å². The predicted octanol–water partition coefficient (Wildman–Crippen LogP) is 1.64. The molecule has 5 nitrogen and oxygen atoms in total. The van der Waals surface area contributed by atoms with Gasteiger partial charge in [0.05, 0.1) is 6.54 Å². The lowest BCUT2D eigenvalue weighted by atomic mass is 9.72. The molecule has 0 bridgehead atoms. The molecule has 0 aliphatic carbocycles. The van der Waals surface area contributed by atoms with Crippen molar-refractivity contribution in [1.29, 1.82) is 0 Å². The average molecular weight is 329 g/mol. The molecule has 1 aromatic rings. The molecule has 2 saturated heterocycles. The molecular weight excluding hydrogens is 302 g/mol. The summed E-state index contributed by atoms with van der Waals surface area (Å²) in [5.74, 6) is 0.443. The van der Waals surface area contributed by atoms with Gasteiger partial charge in [0, 0.05) is 32.6 Å². The van der Waals surface area contributed by atoms with Gasteiger partial charge in [0.15, 0.2) is 0 Å². The fourth-order valence-corrected chi connectivity index (χ4v) is 3.95. The Morgan fingerprint density at radius 3 is 2.54 bits per heavy atom. The molecular formula is C19H27N3O2. The number of nitrogens with zero attached hydrogens (tertiary/aromatic N) is 2. The molecule has 0 aromatic heterocycles. The van der Waals surface area contributed by atoms with E-state index >= 15 is 0 Å². The van der Waals surface area contributed by atoms with Gasteiger partial charge < -0.3 is 15.1 Å². The highest BCUT2D eigenvalue weighted by Crippen LogP contribution is 2.40. The number of amides is 2. The van der Waals surface area contributed by atoms with E-state index in [0.29, 0.717) is 19.5 Å². The van der Waals surface area contributed by atoms with Gasteiger partial charge in [-0.25, -0.2) is 0 Å². The highest BCUT2D eigenvalue weighted by Gasteiger charge is 2.41. The third-order valence-corrected chi connectivity index (χ3v) is 5.47. The second kappa shape index (κ2) is 7.34. The first-order valence-electron chi connectivity index (χ1n) is 8.86. The van der Waals surface area contributed by atoms with Crippen LogP contribution in [0.4, 0.5) is 0 Å². The maximum atomic E-state index is 12.3. The van der Waals surface area contributed by atoms with Crippen molar-refractivity contribution in [3.63, 3.8) is 0 Å². The lowest BCUT2D eigenvalue weighted by Gasteiger charge is -2.47. The van der Waals surface area contributed by atoms with Crippen LogP contribution < -0.4 is 5.32 Å². The van der Waals surface area contributed by atoms with Crippen LogP contribution in [0.25, 0.3) is 0 Å². The van der Waals surface area contributed by atoms with Crippen LogP contribution in [0.2, 0.25) is 0 Å². The Hall–Kier alpha value is -1.88. The Balaban J connectivity index is 1.61. The fraction of sp³-hybridized carbons (Fsp3) is 0.579. The van der Waals surface area contributed by atoms with Gasteiger partial charge in [0.2, 0.25) is 11.8 Å². The van der Waals surface area contributed by atoms with Crippen LogP contribution in [0.3, 0.4) is 0 Å². The van der Waals surface area contributed by atoms with Gasteiger partial charge in [-0.1, -0.05) is 30.3 Å².